The van der Waals surface area contributed by atoms with Crippen molar-refractivity contribution in [3.63, 3.8) is 0 Å². The van der Waals surface area contributed by atoms with Gasteiger partial charge < -0.3 is 0 Å². The number of fused-ring (bicyclic) bond motifs is 8. The molecule has 3 aliphatic heterocycles. The van der Waals surface area contributed by atoms with Crippen molar-refractivity contribution >= 4 is 28.4 Å². The molecule has 7 rings (SSSR count). The van der Waals surface area contributed by atoms with Crippen LogP contribution in [0.25, 0.3) is 16.6 Å². The number of hydrogen-bond acceptors (Lipinski definition) is 5. The van der Waals surface area contributed by atoms with Crippen LogP contribution in [-0.4, -0.2) is 27.4 Å². The number of hydrogen-bond donors (Lipinski definition) is 1. The third-order valence-electron chi connectivity index (χ3n) is 8.10. The van der Waals surface area contributed by atoms with Gasteiger partial charge in [0, 0.05) is 11.6 Å². The Kier molecular flexibility index (Phi) is 4.60. The molecular formula is C30H26N4O3. The van der Waals surface area contributed by atoms with Crippen molar-refractivity contribution in [2.24, 2.45) is 17.8 Å². The zero-order chi connectivity index (χ0) is 25.5. The van der Waals surface area contributed by atoms with Crippen LogP contribution in [-0.2, 0) is 15.1 Å². The number of benzene rings is 3. The maximum absolute atomic E-state index is 14.3. The molecule has 3 aromatic carbocycles. The molecule has 4 heterocycles. The van der Waals surface area contributed by atoms with Gasteiger partial charge in [-0.1, -0.05) is 62.4 Å². The SMILES string of the molecule is CC(C)C[C@@H]1N[C@]2(c3ccccc3-n3c2nc2ccccc2c3=O)[C@H]2C(=O)N(c3ccccc3)C(=O)[C@H]12. The molecule has 1 N–H and O–H groups in total. The minimum absolute atomic E-state index is 0.174. The molecule has 0 unspecified atom stereocenters. The summed E-state index contributed by atoms with van der Waals surface area (Å²) < 4.78 is 1.64. The van der Waals surface area contributed by atoms with Crippen molar-refractivity contribution in [3.8, 4) is 5.69 Å². The van der Waals surface area contributed by atoms with E-state index in [1.54, 1.807) is 22.8 Å². The highest BCUT2D eigenvalue weighted by molar-refractivity contribution is 6.23. The molecule has 2 fully saturated rings. The summed E-state index contributed by atoms with van der Waals surface area (Å²) >= 11 is 0. The Bertz CT molecular complexity index is 1660. The average Bonchev–Trinajstić information content (AvgIpc) is 3.47. The highest BCUT2D eigenvalue weighted by Crippen LogP contribution is 2.56. The van der Waals surface area contributed by atoms with Crippen LogP contribution < -0.4 is 15.8 Å². The van der Waals surface area contributed by atoms with Crippen molar-refractivity contribution < 1.29 is 9.59 Å². The number of carbonyl (C=O) groups excluding carboxylic acids is 2. The molecule has 7 heteroatoms. The van der Waals surface area contributed by atoms with Gasteiger partial charge >= 0.3 is 0 Å². The van der Waals surface area contributed by atoms with Crippen LogP contribution in [0.2, 0.25) is 0 Å². The van der Waals surface area contributed by atoms with Crippen molar-refractivity contribution in [2.45, 2.75) is 31.8 Å². The number of rotatable bonds is 3. The Balaban J connectivity index is 1.53. The third-order valence-corrected chi connectivity index (χ3v) is 8.10. The van der Waals surface area contributed by atoms with Crippen LogP contribution in [0.1, 0.15) is 31.7 Å². The van der Waals surface area contributed by atoms with Gasteiger partial charge in [-0.05, 0) is 42.7 Å². The second kappa shape index (κ2) is 7.70. The molecule has 2 amide bonds. The van der Waals surface area contributed by atoms with Crippen LogP contribution in [0, 0.1) is 17.8 Å². The average molecular weight is 491 g/mol. The van der Waals surface area contributed by atoms with Gasteiger partial charge in [-0.3, -0.25) is 24.3 Å². The first-order valence-electron chi connectivity index (χ1n) is 12.8. The fourth-order valence-corrected chi connectivity index (χ4v) is 6.76. The van der Waals surface area contributed by atoms with Crippen molar-refractivity contribution in [2.75, 3.05) is 4.90 Å². The van der Waals surface area contributed by atoms with Gasteiger partial charge in [-0.25, -0.2) is 9.88 Å². The number of nitrogens with one attached hydrogen (secondary N) is 1. The Morgan fingerprint density at radius 3 is 2.38 bits per heavy atom. The molecule has 0 aliphatic carbocycles. The van der Waals surface area contributed by atoms with E-state index in [-0.39, 0.29) is 23.4 Å². The first kappa shape index (κ1) is 22.1. The zero-order valence-corrected chi connectivity index (χ0v) is 20.6. The highest BCUT2D eigenvalue weighted by atomic mass is 16.2. The summed E-state index contributed by atoms with van der Waals surface area (Å²) in [6, 6.07) is 23.8. The topological polar surface area (TPSA) is 84.3 Å². The highest BCUT2D eigenvalue weighted by Gasteiger charge is 2.69. The summed E-state index contributed by atoms with van der Waals surface area (Å²) in [5.41, 5.74) is 1.39. The minimum Gasteiger partial charge on any atom is -0.297 e. The third kappa shape index (κ3) is 2.80. The lowest BCUT2D eigenvalue weighted by Crippen LogP contribution is -2.50. The molecular weight excluding hydrogens is 464 g/mol. The molecule has 0 bridgehead atoms. The Hall–Kier alpha value is -4.10. The van der Waals surface area contributed by atoms with Gasteiger partial charge in [0.25, 0.3) is 5.56 Å². The molecule has 0 saturated carbocycles. The lowest BCUT2D eigenvalue weighted by molar-refractivity contribution is -0.123. The van der Waals surface area contributed by atoms with Gasteiger partial charge in [0.1, 0.15) is 11.4 Å². The lowest BCUT2D eigenvalue weighted by Gasteiger charge is -2.32. The summed E-state index contributed by atoms with van der Waals surface area (Å²) in [7, 11) is 0. The van der Waals surface area contributed by atoms with E-state index in [0.29, 0.717) is 40.4 Å². The summed E-state index contributed by atoms with van der Waals surface area (Å²) in [5, 5.41) is 4.27. The molecule has 7 nitrogen and oxygen atoms in total. The van der Waals surface area contributed by atoms with Gasteiger partial charge in [0.05, 0.1) is 34.1 Å². The smallest absolute Gasteiger partial charge is 0.266 e. The van der Waals surface area contributed by atoms with Crippen LogP contribution in [0.15, 0.2) is 83.7 Å². The minimum atomic E-state index is -1.10. The summed E-state index contributed by atoms with van der Waals surface area (Å²) in [6.07, 6.45) is 0.713. The summed E-state index contributed by atoms with van der Waals surface area (Å²) in [4.78, 5) is 48.5. The maximum atomic E-state index is 14.3. The van der Waals surface area contributed by atoms with Crippen molar-refractivity contribution in [1.29, 1.82) is 0 Å². The predicted octanol–water partition coefficient (Wildman–Crippen LogP) is 3.77. The number of anilines is 1. The predicted molar refractivity (Wildman–Crippen MR) is 140 cm³/mol. The van der Waals surface area contributed by atoms with E-state index >= 15 is 0 Å². The Morgan fingerprint density at radius 2 is 1.59 bits per heavy atom. The Labute approximate surface area is 213 Å². The summed E-state index contributed by atoms with van der Waals surface area (Å²) in [6.45, 7) is 4.23. The fraction of sp³-hybridized carbons (Fsp3) is 0.267. The number of para-hydroxylation sites is 3. The van der Waals surface area contributed by atoms with E-state index in [2.05, 4.69) is 19.2 Å². The van der Waals surface area contributed by atoms with E-state index in [1.807, 2.05) is 60.7 Å². The van der Waals surface area contributed by atoms with E-state index in [1.165, 1.54) is 4.90 Å². The normalized spacial score (nSPS) is 25.8. The number of aromatic nitrogens is 2. The van der Waals surface area contributed by atoms with Gasteiger partial charge in [0.2, 0.25) is 11.8 Å². The van der Waals surface area contributed by atoms with Crippen LogP contribution in [0.4, 0.5) is 5.69 Å². The molecule has 0 radical (unpaired) electrons. The fourth-order valence-electron chi connectivity index (χ4n) is 6.76. The number of imide groups is 1. The molecule has 4 atom stereocenters. The quantitative estimate of drug-likeness (QED) is 0.442. The molecule has 3 aliphatic rings. The largest absolute Gasteiger partial charge is 0.297 e. The molecule has 184 valence electrons. The molecule has 2 saturated heterocycles. The van der Waals surface area contributed by atoms with Gasteiger partial charge in [-0.15, -0.1) is 0 Å². The van der Waals surface area contributed by atoms with E-state index in [4.69, 9.17) is 4.98 Å². The first-order chi connectivity index (χ1) is 17.9. The Morgan fingerprint density at radius 1 is 0.892 bits per heavy atom. The number of amides is 2. The second-order valence-electron chi connectivity index (χ2n) is 10.6. The van der Waals surface area contributed by atoms with E-state index in [0.717, 1.165) is 5.56 Å². The van der Waals surface area contributed by atoms with Crippen LogP contribution in [0.5, 0.6) is 0 Å². The number of carbonyl (C=O) groups is 2. The van der Waals surface area contributed by atoms with E-state index < -0.39 is 17.4 Å². The van der Waals surface area contributed by atoms with Crippen LogP contribution >= 0.6 is 0 Å². The lowest BCUT2D eigenvalue weighted by atomic mass is 9.75. The first-order valence-corrected chi connectivity index (χ1v) is 12.8. The van der Waals surface area contributed by atoms with Gasteiger partial charge in [-0.2, -0.15) is 0 Å². The molecule has 1 aromatic heterocycles. The standard InChI is InChI=1S/C30H26N4O3/c1-17(2)16-22-24-25(28(37)33(27(24)36)18-10-4-3-5-11-18)30(32-22)20-13-7-9-15-23(20)34-26(35)19-12-6-8-14-21(19)31-29(30)34/h3-15,17,22,24-25,32H,16H2,1-2H3/t22-,24+,25+,30+/m0/s1. The van der Waals surface area contributed by atoms with Crippen LogP contribution in [0.3, 0.4) is 0 Å². The molecule has 37 heavy (non-hydrogen) atoms. The summed E-state index contributed by atoms with van der Waals surface area (Å²) in [5.74, 6) is -0.981. The van der Waals surface area contributed by atoms with Gasteiger partial charge in [0.15, 0.2) is 0 Å². The molecule has 1 spiro atoms. The van der Waals surface area contributed by atoms with Crippen molar-refractivity contribution in [3.05, 3.63) is 101 Å². The number of nitrogens with zero attached hydrogens (tertiary/aromatic N) is 3. The molecule has 4 aromatic rings. The second-order valence-corrected chi connectivity index (χ2v) is 10.6. The maximum Gasteiger partial charge on any atom is 0.266 e. The van der Waals surface area contributed by atoms with Crippen molar-refractivity contribution in [1.82, 2.24) is 14.9 Å². The van der Waals surface area contributed by atoms with E-state index in [9.17, 15) is 14.4 Å². The zero-order valence-electron chi connectivity index (χ0n) is 20.6. The monoisotopic (exact) mass is 490 g/mol.